The molecule has 1 aromatic heterocycles. The van der Waals surface area contributed by atoms with Gasteiger partial charge in [-0.05, 0) is 30.7 Å². The van der Waals surface area contributed by atoms with Crippen LogP contribution >= 0.6 is 11.6 Å². The quantitative estimate of drug-likeness (QED) is 0.589. The van der Waals surface area contributed by atoms with Crippen LogP contribution in [0.25, 0.3) is 0 Å². The first-order valence-electron chi connectivity index (χ1n) is 11.2. The van der Waals surface area contributed by atoms with Crippen LogP contribution in [0.5, 0.6) is 11.6 Å². The Morgan fingerprint density at radius 3 is 2.73 bits per heavy atom. The van der Waals surface area contributed by atoms with Crippen molar-refractivity contribution in [2.75, 3.05) is 36.5 Å². The van der Waals surface area contributed by atoms with E-state index >= 15 is 0 Å². The Labute approximate surface area is 199 Å². The van der Waals surface area contributed by atoms with E-state index in [-0.39, 0.29) is 18.6 Å². The van der Waals surface area contributed by atoms with Gasteiger partial charge in [0.2, 0.25) is 5.88 Å². The fraction of sp³-hybridized carbons (Fsp3) is 0.440. The van der Waals surface area contributed by atoms with Gasteiger partial charge in [0.05, 0.1) is 36.5 Å². The summed E-state index contributed by atoms with van der Waals surface area (Å²) < 4.78 is 11.6. The van der Waals surface area contributed by atoms with Gasteiger partial charge in [0.25, 0.3) is 0 Å². The number of aromatic nitrogens is 1. The highest BCUT2D eigenvalue weighted by atomic mass is 35.5. The minimum Gasteiger partial charge on any atom is -0.490 e. The average molecular weight is 472 g/mol. The molecular weight excluding hydrogens is 442 g/mol. The largest absolute Gasteiger partial charge is 0.490 e. The summed E-state index contributed by atoms with van der Waals surface area (Å²) >= 11 is 6.38. The predicted molar refractivity (Wildman–Crippen MR) is 130 cm³/mol. The number of benzene rings is 1. The minimum atomic E-state index is -0.806. The highest BCUT2D eigenvalue weighted by Crippen LogP contribution is 2.34. The van der Waals surface area contributed by atoms with E-state index < -0.39 is 5.97 Å². The van der Waals surface area contributed by atoms with Gasteiger partial charge >= 0.3 is 5.97 Å². The molecule has 0 amide bonds. The standard InChI is InChI=1S/C25H30ClN3O4/c1-16-8-11-29(21(16)13-25(30)31)18-4-6-19(7-5-18)33-23-9-10-28(15-17(23)2)22-12-24(32-3)27-14-20(22)26/h4-7,12,14,17,21,23H,1,8-11,13,15H2,2-3H3,(H,30,31)/t17?,21-,23?/m0/s1. The predicted octanol–water partition coefficient (Wildman–Crippen LogP) is 4.65. The number of halogens is 1. The second-order valence-electron chi connectivity index (χ2n) is 8.76. The zero-order chi connectivity index (χ0) is 23.5. The van der Waals surface area contributed by atoms with Crippen molar-refractivity contribution in [1.82, 2.24) is 4.98 Å². The summed E-state index contributed by atoms with van der Waals surface area (Å²) in [6.07, 6.45) is 3.48. The van der Waals surface area contributed by atoms with Crippen molar-refractivity contribution in [2.45, 2.75) is 38.3 Å². The molecule has 4 rings (SSSR count). The molecule has 0 bridgehead atoms. The summed E-state index contributed by atoms with van der Waals surface area (Å²) in [4.78, 5) is 19.8. The van der Waals surface area contributed by atoms with Crippen molar-refractivity contribution in [3.05, 3.63) is 53.7 Å². The Morgan fingerprint density at radius 1 is 1.30 bits per heavy atom. The number of pyridine rings is 1. The smallest absolute Gasteiger partial charge is 0.305 e. The number of hydrogen-bond donors (Lipinski definition) is 1. The van der Waals surface area contributed by atoms with Gasteiger partial charge in [0, 0.05) is 43.7 Å². The van der Waals surface area contributed by atoms with E-state index in [9.17, 15) is 9.90 Å². The molecule has 2 saturated heterocycles. The van der Waals surface area contributed by atoms with E-state index in [4.69, 9.17) is 21.1 Å². The molecule has 0 spiro atoms. The summed E-state index contributed by atoms with van der Waals surface area (Å²) in [5.74, 6) is 0.864. The molecule has 1 aromatic carbocycles. The number of methoxy groups -OCH3 is 1. The van der Waals surface area contributed by atoms with E-state index in [0.717, 1.165) is 55.2 Å². The van der Waals surface area contributed by atoms with Crippen molar-refractivity contribution < 1.29 is 19.4 Å². The molecule has 1 N–H and O–H groups in total. The zero-order valence-corrected chi connectivity index (χ0v) is 19.8. The number of piperidine rings is 1. The first kappa shape index (κ1) is 23.2. The second-order valence-corrected chi connectivity index (χ2v) is 9.16. The van der Waals surface area contributed by atoms with Crippen LogP contribution in [-0.4, -0.2) is 54.9 Å². The Bertz CT molecular complexity index is 1010. The van der Waals surface area contributed by atoms with Crippen LogP contribution in [0.3, 0.4) is 0 Å². The molecule has 8 heteroatoms. The summed E-state index contributed by atoms with van der Waals surface area (Å²) in [7, 11) is 1.60. The SMILES string of the molecule is C=C1CCN(c2ccc(OC3CCN(c4cc(OC)ncc4Cl)CC3C)cc2)[C@H]1CC(=O)O. The molecule has 0 saturated carbocycles. The maximum Gasteiger partial charge on any atom is 0.305 e. The van der Waals surface area contributed by atoms with Gasteiger partial charge in [-0.2, -0.15) is 0 Å². The number of anilines is 2. The highest BCUT2D eigenvalue weighted by molar-refractivity contribution is 6.33. The monoisotopic (exact) mass is 471 g/mol. The Morgan fingerprint density at radius 2 is 2.06 bits per heavy atom. The molecule has 33 heavy (non-hydrogen) atoms. The lowest BCUT2D eigenvalue weighted by atomic mass is 9.96. The molecule has 2 aliphatic heterocycles. The number of rotatable bonds is 7. The molecule has 2 unspecified atom stereocenters. The van der Waals surface area contributed by atoms with E-state index in [1.54, 1.807) is 13.3 Å². The van der Waals surface area contributed by atoms with E-state index in [2.05, 4.69) is 28.3 Å². The van der Waals surface area contributed by atoms with Crippen molar-refractivity contribution in [3.8, 4) is 11.6 Å². The van der Waals surface area contributed by atoms with Gasteiger partial charge in [-0.25, -0.2) is 4.98 Å². The van der Waals surface area contributed by atoms with Gasteiger partial charge in [-0.1, -0.05) is 30.7 Å². The first-order valence-corrected chi connectivity index (χ1v) is 11.6. The maximum absolute atomic E-state index is 11.2. The topological polar surface area (TPSA) is 75.1 Å². The highest BCUT2D eigenvalue weighted by Gasteiger charge is 2.31. The third-order valence-corrected chi connectivity index (χ3v) is 6.82. The third kappa shape index (κ3) is 5.19. The lowest BCUT2D eigenvalue weighted by Gasteiger charge is -2.38. The van der Waals surface area contributed by atoms with Gasteiger partial charge < -0.3 is 24.4 Å². The van der Waals surface area contributed by atoms with Crippen LogP contribution in [0.2, 0.25) is 5.02 Å². The third-order valence-electron chi connectivity index (χ3n) is 6.53. The summed E-state index contributed by atoms with van der Waals surface area (Å²) in [5.41, 5.74) is 2.91. The number of carboxylic acids is 1. The normalized spacial score (nSPS) is 23.0. The molecule has 7 nitrogen and oxygen atoms in total. The minimum absolute atomic E-state index is 0.0700. The van der Waals surface area contributed by atoms with Gasteiger partial charge in [-0.3, -0.25) is 4.79 Å². The second kappa shape index (κ2) is 9.91. The van der Waals surface area contributed by atoms with Crippen molar-refractivity contribution in [1.29, 1.82) is 0 Å². The fourth-order valence-corrected chi connectivity index (χ4v) is 4.93. The van der Waals surface area contributed by atoms with Crippen molar-refractivity contribution in [2.24, 2.45) is 5.92 Å². The lowest BCUT2D eigenvalue weighted by Crippen LogP contribution is -2.44. The number of carbonyl (C=O) groups is 1. The van der Waals surface area contributed by atoms with E-state index in [1.807, 2.05) is 30.3 Å². The number of aliphatic carboxylic acids is 1. The number of ether oxygens (including phenoxy) is 2. The lowest BCUT2D eigenvalue weighted by molar-refractivity contribution is -0.137. The summed E-state index contributed by atoms with van der Waals surface area (Å²) in [6, 6.07) is 9.67. The molecule has 3 atom stereocenters. The van der Waals surface area contributed by atoms with Gasteiger partial charge in [0.15, 0.2) is 0 Å². The molecular formula is C25H30ClN3O4. The van der Waals surface area contributed by atoms with Crippen LogP contribution in [0, 0.1) is 5.92 Å². The fourth-order valence-electron chi connectivity index (χ4n) is 4.71. The van der Waals surface area contributed by atoms with E-state index in [1.165, 1.54) is 0 Å². The zero-order valence-electron chi connectivity index (χ0n) is 19.0. The average Bonchev–Trinajstić information content (AvgIpc) is 3.15. The Kier molecular flexibility index (Phi) is 6.98. The molecule has 176 valence electrons. The maximum atomic E-state index is 11.2. The van der Waals surface area contributed by atoms with Crippen LogP contribution in [0.15, 0.2) is 48.7 Å². The summed E-state index contributed by atoms with van der Waals surface area (Å²) in [6.45, 7) is 8.68. The number of hydrogen-bond acceptors (Lipinski definition) is 6. The molecule has 0 radical (unpaired) electrons. The van der Waals surface area contributed by atoms with Gasteiger partial charge in [-0.15, -0.1) is 0 Å². The Balaban J connectivity index is 1.38. The Hall–Kier alpha value is -2.93. The molecule has 2 fully saturated rings. The van der Waals surface area contributed by atoms with Crippen LogP contribution in [0.1, 0.15) is 26.2 Å². The van der Waals surface area contributed by atoms with E-state index in [0.29, 0.717) is 16.8 Å². The molecule has 0 aliphatic carbocycles. The van der Waals surface area contributed by atoms with Crippen LogP contribution in [-0.2, 0) is 4.79 Å². The van der Waals surface area contributed by atoms with Crippen LogP contribution in [0.4, 0.5) is 11.4 Å². The van der Waals surface area contributed by atoms with Crippen LogP contribution < -0.4 is 19.3 Å². The molecule has 2 aromatic rings. The van der Waals surface area contributed by atoms with Crippen molar-refractivity contribution >= 4 is 28.9 Å². The van der Waals surface area contributed by atoms with Crippen molar-refractivity contribution in [3.63, 3.8) is 0 Å². The summed E-state index contributed by atoms with van der Waals surface area (Å²) in [5, 5.41) is 9.85. The van der Waals surface area contributed by atoms with Gasteiger partial charge in [0.1, 0.15) is 11.9 Å². The number of nitrogens with zero attached hydrogens (tertiary/aromatic N) is 3. The first-order chi connectivity index (χ1) is 15.9. The number of carboxylic acid groups (broad SMARTS) is 1. The molecule has 2 aliphatic rings. The molecule has 3 heterocycles.